The molecule has 1 aliphatic rings. The number of aryl methyl sites for hydroxylation is 2. The lowest BCUT2D eigenvalue weighted by atomic mass is 10.1. The van der Waals surface area contributed by atoms with Gasteiger partial charge in [-0.3, -0.25) is 9.89 Å². The predicted octanol–water partition coefficient (Wildman–Crippen LogP) is 1.36. The second-order valence-electron chi connectivity index (χ2n) is 5.30. The van der Waals surface area contributed by atoms with Gasteiger partial charge in [0.25, 0.3) is 5.91 Å². The van der Waals surface area contributed by atoms with Crippen LogP contribution in [0.15, 0.2) is 4.52 Å². The molecule has 1 aliphatic heterocycles. The van der Waals surface area contributed by atoms with Crippen molar-refractivity contribution < 1.29 is 14.1 Å². The van der Waals surface area contributed by atoms with Crippen LogP contribution in [-0.4, -0.2) is 39.8 Å². The van der Waals surface area contributed by atoms with Gasteiger partial charge in [0.05, 0.1) is 25.5 Å². The lowest BCUT2D eigenvalue weighted by molar-refractivity contribution is 0.0764. The smallest absolute Gasteiger partial charge is 0.274 e. The number of carbonyl (C=O) groups excluding carboxylic acids is 1. The third-order valence-electron chi connectivity index (χ3n) is 3.82. The number of carbonyl (C=O) groups is 1. The number of nitrogens with zero attached hydrogens (tertiary/aromatic N) is 3. The summed E-state index contributed by atoms with van der Waals surface area (Å²) in [4.78, 5) is 14.2. The number of rotatable bonds is 3. The Morgan fingerprint density at radius 2 is 2.24 bits per heavy atom. The third-order valence-corrected chi connectivity index (χ3v) is 3.82. The zero-order valence-corrected chi connectivity index (χ0v) is 12.4. The number of nitrogens with one attached hydrogen (secondary N) is 1. The summed E-state index contributed by atoms with van der Waals surface area (Å²) in [6.45, 7) is 5.26. The van der Waals surface area contributed by atoms with Crippen LogP contribution in [-0.2, 0) is 24.3 Å². The van der Waals surface area contributed by atoms with E-state index in [0.717, 1.165) is 34.7 Å². The quantitative estimate of drug-likeness (QED) is 0.922. The lowest BCUT2D eigenvalue weighted by Crippen LogP contribution is -2.28. The minimum absolute atomic E-state index is 0.127. The van der Waals surface area contributed by atoms with Gasteiger partial charge in [0.2, 0.25) is 0 Å². The van der Waals surface area contributed by atoms with Crippen LogP contribution in [0.25, 0.3) is 0 Å². The molecule has 112 valence electrons. The van der Waals surface area contributed by atoms with Crippen LogP contribution in [0.2, 0.25) is 0 Å². The Morgan fingerprint density at radius 1 is 1.43 bits per heavy atom. The maximum Gasteiger partial charge on any atom is 0.274 e. The Labute approximate surface area is 122 Å². The average Bonchev–Trinajstić information content (AvgIpc) is 3.05. The Balaban J connectivity index is 1.80. The normalized spacial score (nSPS) is 14.0. The number of hydrogen-bond donors (Lipinski definition) is 1. The van der Waals surface area contributed by atoms with Gasteiger partial charge in [-0.1, -0.05) is 5.16 Å². The highest BCUT2D eigenvalue weighted by molar-refractivity contribution is 5.93. The Morgan fingerprint density at radius 3 is 2.95 bits per heavy atom. The molecule has 7 heteroatoms. The predicted molar refractivity (Wildman–Crippen MR) is 73.7 cm³/mol. The first-order valence-electron chi connectivity index (χ1n) is 6.89. The summed E-state index contributed by atoms with van der Waals surface area (Å²) in [7, 11) is 1.75. The fourth-order valence-electron chi connectivity index (χ4n) is 2.51. The first-order chi connectivity index (χ1) is 10.1. The van der Waals surface area contributed by atoms with E-state index in [2.05, 4.69) is 15.4 Å². The maximum atomic E-state index is 12.6. The minimum Gasteiger partial charge on any atom is -0.376 e. The zero-order valence-electron chi connectivity index (χ0n) is 12.4. The molecule has 0 spiro atoms. The highest BCUT2D eigenvalue weighted by Gasteiger charge is 2.25. The second kappa shape index (κ2) is 5.33. The van der Waals surface area contributed by atoms with Gasteiger partial charge < -0.3 is 14.2 Å². The van der Waals surface area contributed by atoms with E-state index < -0.39 is 0 Å². The first-order valence-corrected chi connectivity index (χ1v) is 6.89. The van der Waals surface area contributed by atoms with Crippen molar-refractivity contribution in [2.24, 2.45) is 0 Å². The van der Waals surface area contributed by atoms with E-state index in [1.54, 1.807) is 11.9 Å². The van der Waals surface area contributed by atoms with Crippen LogP contribution < -0.4 is 0 Å². The number of aromatic nitrogens is 3. The molecule has 0 aliphatic carbocycles. The molecule has 0 saturated carbocycles. The van der Waals surface area contributed by atoms with Gasteiger partial charge in [-0.2, -0.15) is 5.10 Å². The molecule has 2 aromatic rings. The fourth-order valence-corrected chi connectivity index (χ4v) is 2.51. The van der Waals surface area contributed by atoms with Crippen molar-refractivity contribution in [3.05, 3.63) is 34.0 Å². The Bertz CT molecular complexity index is 654. The van der Waals surface area contributed by atoms with Crippen molar-refractivity contribution in [3.8, 4) is 0 Å². The topological polar surface area (TPSA) is 84.3 Å². The van der Waals surface area contributed by atoms with E-state index in [0.29, 0.717) is 25.5 Å². The minimum atomic E-state index is -0.127. The molecule has 0 atom stereocenters. The molecule has 3 heterocycles. The average molecular weight is 290 g/mol. The number of amides is 1. The number of ether oxygens (including phenoxy) is 1. The Kier molecular flexibility index (Phi) is 3.50. The zero-order chi connectivity index (χ0) is 15.0. The van der Waals surface area contributed by atoms with E-state index >= 15 is 0 Å². The summed E-state index contributed by atoms with van der Waals surface area (Å²) >= 11 is 0. The van der Waals surface area contributed by atoms with Gasteiger partial charge in [-0.15, -0.1) is 0 Å². The summed E-state index contributed by atoms with van der Waals surface area (Å²) in [5, 5.41) is 11.0. The van der Waals surface area contributed by atoms with Gasteiger partial charge in [-0.05, 0) is 13.8 Å². The maximum absolute atomic E-state index is 12.6. The van der Waals surface area contributed by atoms with E-state index in [1.165, 1.54) is 0 Å². The van der Waals surface area contributed by atoms with Crippen molar-refractivity contribution >= 4 is 5.91 Å². The molecule has 0 fully saturated rings. The summed E-state index contributed by atoms with van der Waals surface area (Å²) in [6, 6.07) is 0. The van der Waals surface area contributed by atoms with Crippen LogP contribution in [0.5, 0.6) is 0 Å². The van der Waals surface area contributed by atoms with Crippen LogP contribution in [0.4, 0.5) is 0 Å². The number of H-pyrrole nitrogens is 1. The lowest BCUT2D eigenvalue weighted by Gasteiger charge is -2.18. The highest BCUT2D eigenvalue weighted by Crippen LogP contribution is 2.21. The van der Waals surface area contributed by atoms with Crippen LogP contribution >= 0.6 is 0 Å². The largest absolute Gasteiger partial charge is 0.376 e. The second-order valence-corrected chi connectivity index (χ2v) is 5.30. The van der Waals surface area contributed by atoms with Gasteiger partial charge in [-0.25, -0.2) is 0 Å². The first kappa shape index (κ1) is 13.8. The molecular weight excluding hydrogens is 272 g/mol. The number of fused-ring (bicyclic) bond motifs is 1. The van der Waals surface area contributed by atoms with Crippen molar-refractivity contribution in [2.75, 3.05) is 13.7 Å². The molecule has 3 rings (SSSR count). The van der Waals surface area contributed by atoms with E-state index in [4.69, 9.17) is 9.26 Å². The van der Waals surface area contributed by atoms with Crippen molar-refractivity contribution in [2.45, 2.75) is 33.4 Å². The highest BCUT2D eigenvalue weighted by atomic mass is 16.5. The fraction of sp³-hybridized carbons (Fsp3) is 0.500. The molecule has 0 radical (unpaired) electrons. The van der Waals surface area contributed by atoms with Crippen molar-refractivity contribution in [1.82, 2.24) is 20.3 Å². The van der Waals surface area contributed by atoms with E-state index in [1.807, 2.05) is 13.8 Å². The van der Waals surface area contributed by atoms with Crippen molar-refractivity contribution in [1.29, 1.82) is 0 Å². The molecule has 1 N–H and O–H groups in total. The van der Waals surface area contributed by atoms with Gasteiger partial charge >= 0.3 is 0 Å². The van der Waals surface area contributed by atoms with Crippen molar-refractivity contribution in [3.63, 3.8) is 0 Å². The molecule has 0 bridgehead atoms. The van der Waals surface area contributed by atoms with E-state index in [-0.39, 0.29) is 5.91 Å². The molecule has 21 heavy (non-hydrogen) atoms. The number of hydrogen-bond acceptors (Lipinski definition) is 5. The molecule has 0 saturated heterocycles. The van der Waals surface area contributed by atoms with Crippen LogP contribution in [0, 0.1) is 13.8 Å². The summed E-state index contributed by atoms with van der Waals surface area (Å²) in [5.41, 5.74) is 4.05. The summed E-state index contributed by atoms with van der Waals surface area (Å²) < 4.78 is 10.5. The summed E-state index contributed by atoms with van der Waals surface area (Å²) in [6.07, 6.45) is 0.767. The molecule has 0 unspecified atom stereocenters. The Hall–Kier alpha value is -2.15. The SMILES string of the molecule is Cc1noc(C)c1CN(C)C(=O)c1n[nH]c2c1COCC2. The molecule has 7 nitrogen and oxygen atoms in total. The van der Waals surface area contributed by atoms with Gasteiger partial charge in [0.1, 0.15) is 5.76 Å². The molecular formula is C14H18N4O3. The molecule has 0 aromatic carbocycles. The van der Waals surface area contributed by atoms with Crippen LogP contribution in [0.1, 0.15) is 38.8 Å². The summed E-state index contributed by atoms with van der Waals surface area (Å²) in [5.74, 6) is 0.609. The van der Waals surface area contributed by atoms with Gasteiger partial charge in [0.15, 0.2) is 5.69 Å². The standard InChI is InChI=1S/C14H18N4O3/c1-8-10(9(2)21-17-8)6-18(3)14(19)13-11-7-20-5-4-12(11)15-16-13/h4-7H2,1-3H3,(H,15,16). The number of aromatic amines is 1. The van der Waals surface area contributed by atoms with E-state index in [9.17, 15) is 4.79 Å². The van der Waals surface area contributed by atoms with Gasteiger partial charge in [0, 0.05) is 30.3 Å². The van der Waals surface area contributed by atoms with Crippen LogP contribution in [0.3, 0.4) is 0 Å². The third kappa shape index (κ3) is 2.44. The monoisotopic (exact) mass is 290 g/mol. The molecule has 1 amide bonds. The molecule has 2 aromatic heterocycles.